The van der Waals surface area contributed by atoms with Crippen molar-refractivity contribution in [2.45, 2.75) is 45.6 Å². The van der Waals surface area contributed by atoms with Crippen molar-refractivity contribution in [3.05, 3.63) is 29.5 Å². The summed E-state index contributed by atoms with van der Waals surface area (Å²) in [6.07, 6.45) is 5.24. The molecular formula is C18H25N5O2. The molecule has 0 aliphatic carbocycles. The van der Waals surface area contributed by atoms with Crippen LogP contribution in [0.3, 0.4) is 0 Å². The molecule has 7 nitrogen and oxygen atoms in total. The second-order valence-electron chi connectivity index (χ2n) is 6.48. The van der Waals surface area contributed by atoms with Crippen molar-refractivity contribution in [2.75, 3.05) is 20.3 Å². The first-order valence-electron chi connectivity index (χ1n) is 8.74. The summed E-state index contributed by atoms with van der Waals surface area (Å²) in [5.41, 5.74) is 2.65. The van der Waals surface area contributed by atoms with Gasteiger partial charge in [0.15, 0.2) is 5.82 Å². The lowest BCUT2D eigenvalue weighted by molar-refractivity contribution is -0.136. The molecule has 1 fully saturated rings. The van der Waals surface area contributed by atoms with Crippen LogP contribution in [0.15, 0.2) is 12.3 Å². The topological polar surface area (TPSA) is 84.0 Å². The molecule has 25 heavy (non-hydrogen) atoms. The molecule has 1 N–H and O–H groups in total. The Hall–Kier alpha value is -2.28. The Balaban J connectivity index is 1.90. The van der Waals surface area contributed by atoms with Gasteiger partial charge in [-0.05, 0) is 39.2 Å². The third-order valence-electron chi connectivity index (χ3n) is 4.49. The van der Waals surface area contributed by atoms with Gasteiger partial charge in [-0.25, -0.2) is 15.0 Å². The molecule has 1 aliphatic heterocycles. The minimum absolute atomic E-state index is 0.00499. The molecule has 0 unspecified atom stereocenters. The number of aryl methyl sites for hydroxylation is 2. The molecule has 0 saturated carbocycles. The number of nitrogens with one attached hydrogen (secondary N) is 1. The highest BCUT2D eigenvalue weighted by Crippen LogP contribution is 2.31. The number of H-pyrrole nitrogens is 1. The zero-order valence-corrected chi connectivity index (χ0v) is 15.1. The first-order valence-corrected chi connectivity index (χ1v) is 8.74. The fourth-order valence-corrected chi connectivity index (χ4v) is 3.30. The summed E-state index contributed by atoms with van der Waals surface area (Å²) in [5.74, 6) is 1.55. The Morgan fingerprint density at radius 1 is 1.36 bits per heavy atom. The Bertz CT molecular complexity index is 743. The van der Waals surface area contributed by atoms with Gasteiger partial charge in [0.05, 0.1) is 24.8 Å². The third-order valence-corrected chi connectivity index (χ3v) is 4.49. The SMILES string of the molecule is COCCC(=O)N1CCCC[C@@H]1c1cc(-c2ncc(C)[nH]2)nc(C)n1. The van der Waals surface area contributed by atoms with E-state index in [-0.39, 0.29) is 11.9 Å². The van der Waals surface area contributed by atoms with Gasteiger partial charge in [0.1, 0.15) is 11.5 Å². The molecular weight excluding hydrogens is 318 g/mol. The summed E-state index contributed by atoms with van der Waals surface area (Å²) in [4.78, 5) is 31.2. The van der Waals surface area contributed by atoms with Gasteiger partial charge in [-0.2, -0.15) is 0 Å². The van der Waals surface area contributed by atoms with Crippen LogP contribution >= 0.6 is 0 Å². The fraction of sp³-hybridized carbons (Fsp3) is 0.556. The highest BCUT2D eigenvalue weighted by Gasteiger charge is 2.29. The van der Waals surface area contributed by atoms with Crippen LogP contribution in [0.25, 0.3) is 11.5 Å². The van der Waals surface area contributed by atoms with Gasteiger partial charge < -0.3 is 14.6 Å². The minimum Gasteiger partial charge on any atom is -0.384 e. The number of hydrogen-bond acceptors (Lipinski definition) is 5. The molecule has 1 amide bonds. The second kappa shape index (κ2) is 7.74. The van der Waals surface area contributed by atoms with Gasteiger partial charge in [0.2, 0.25) is 5.91 Å². The van der Waals surface area contributed by atoms with Crippen molar-refractivity contribution in [3.8, 4) is 11.5 Å². The normalized spacial score (nSPS) is 17.7. The molecule has 3 rings (SSSR count). The maximum Gasteiger partial charge on any atom is 0.225 e. The largest absolute Gasteiger partial charge is 0.384 e. The molecule has 7 heteroatoms. The number of nitrogens with zero attached hydrogens (tertiary/aromatic N) is 4. The number of carbonyl (C=O) groups excluding carboxylic acids is 1. The molecule has 0 aromatic carbocycles. The van der Waals surface area contributed by atoms with Crippen LogP contribution in [0.5, 0.6) is 0 Å². The third kappa shape index (κ3) is 4.04. The Kier molecular flexibility index (Phi) is 5.43. The van der Waals surface area contributed by atoms with E-state index < -0.39 is 0 Å². The number of imidazole rings is 1. The van der Waals surface area contributed by atoms with E-state index in [0.29, 0.717) is 18.9 Å². The summed E-state index contributed by atoms with van der Waals surface area (Å²) >= 11 is 0. The number of likely N-dealkylation sites (tertiary alicyclic amines) is 1. The van der Waals surface area contributed by atoms with Crippen molar-refractivity contribution in [1.82, 2.24) is 24.8 Å². The van der Waals surface area contributed by atoms with E-state index in [0.717, 1.165) is 48.7 Å². The lowest BCUT2D eigenvalue weighted by atomic mass is 9.98. The van der Waals surface area contributed by atoms with E-state index in [1.54, 1.807) is 13.3 Å². The summed E-state index contributed by atoms with van der Waals surface area (Å²) in [6.45, 7) is 5.05. The second-order valence-corrected chi connectivity index (χ2v) is 6.48. The van der Waals surface area contributed by atoms with Crippen molar-refractivity contribution < 1.29 is 9.53 Å². The van der Waals surface area contributed by atoms with E-state index in [1.165, 1.54) is 0 Å². The number of aromatic amines is 1. The summed E-state index contributed by atoms with van der Waals surface area (Å²) < 4.78 is 5.06. The molecule has 1 saturated heterocycles. The van der Waals surface area contributed by atoms with Crippen molar-refractivity contribution >= 4 is 5.91 Å². The van der Waals surface area contributed by atoms with E-state index in [1.807, 2.05) is 24.8 Å². The van der Waals surface area contributed by atoms with Gasteiger partial charge in [-0.1, -0.05) is 0 Å². The standard InChI is InChI=1S/C18H25N5O2/c1-12-11-19-18(20-12)15-10-14(21-13(2)22-15)16-6-4-5-8-23(16)17(24)7-9-25-3/h10-11,16H,4-9H2,1-3H3,(H,19,20)/t16-/m1/s1. The van der Waals surface area contributed by atoms with Gasteiger partial charge >= 0.3 is 0 Å². The highest BCUT2D eigenvalue weighted by atomic mass is 16.5. The minimum atomic E-state index is -0.00499. The number of hydrogen-bond donors (Lipinski definition) is 1. The first kappa shape index (κ1) is 17.5. The van der Waals surface area contributed by atoms with E-state index in [9.17, 15) is 4.79 Å². The quantitative estimate of drug-likeness (QED) is 0.902. The summed E-state index contributed by atoms with van der Waals surface area (Å²) in [7, 11) is 1.62. The van der Waals surface area contributed by atoms with Crippen LogP contribution in [0.1, 0.15) is 48.9 Å². The molecule has 1 atom stereocenters. The molecule has 1 aliphatic rings. The molecule has 134 valence electrons. The average Bonchev–Trinajstić information content (AvgIpc) is 3.05. The maximum absolute atomic E-state index is 12.6. The Labute approximate surface area is 147 Å². The molecule has 2 aromatic heterocycles. The number of methoxy groups -OCH3 is 1. The van der Waals surface area contributed by atoms with Gasteiger partial charge in [0, 0.05) is 25.5 Å². The van der Waals surface area contributed by atoms with Crippen LogP contribution in [-0.4, -0.2) is 51.0 Å². The lowest BCUT2D eigenvalue weighted by Gasteiger charge is -2.35. The summed E-state index contributed by atoms with van der Waals surface area (Å²) in [5, 5.41) is 0. The number of ether oxygens (including phenoxy) is 1. The molecule has 0 bridgehead atoms. The zero-order chi connectivity index (χ0) is 17.8. The summed E-state index contributed by atoms with van der Waals surface area (Å²) in [6, 6.07) is 1.95. The predicted octanol–water partition coefficient (Wildman–Crippen LogP) is 2.57. The molecule has 3 heterocycles. The Morgan fingerprint density at radius 2 is 2.20 bits per heavy atom. The van der Waals surface area contributed by atoms with E-state index >= 15 is 0 Å². The number of aromatic nitrogens is 4. The van der Waals surface area contributed by atoms with Gasteiger partial charge in [-0.15, -0.1) is 0 Å². The van der Waals surface area contributed by atoms with Gasteiger partial charge in [-0.3, -0.25) is 4.79 Å². The number of rotatable bonds is 5. The number of carbonyl (C=O) groups is 1. The van der Waals surface area contributed by atoms with Crippen molar-refractivity contribution in [1.29, 1.82) is 0 Å². The van der Waals surface area contributed by atoms with Crippen molar-refractivity contribution in [3.63, 3.8) is 0 Å². The van der Waals surface area contributed by atoms with Crippen LogP contribution in [0, 0.1) is 13.8 Å². The van der Waals surface area contributed by atoms with Crippen LogP contribution in [-0.2, 0) is 9.53 Å². The maximum atomic E-state index is 12.6. The average molecular weight is 343 g/mol. The van der Waals surface area contributed by atoms with Crippen LogP contribution in [0.4, 0.5) is 0 Å². The number of amides is 1. The predicted molar refractivity (Wildman–Crippen MR) is 93.9 cm³/mol. The van der Waals surface area contributed by atoms with Gasteiger partial charge in [0.25, 0.3) is 0 Å². The number of piperidine rings is 1. The lowest BCUT2D eigenvalue weighted by Crippen LogP contribution is -2.39. The first-order chi connectivity index (χ1) is 12.1. The zero-order valence-electron chi connectivity index (χ0n) is 15.1. The monoisotopic (exact) mass is 343 g/mol. The smallest absolute Gasteiger partial charge is 0.225 e. The highest BCUT2D eigenvalue weighted by molar-refractivity contribution is 5.77. The molecule has 0 radical (unpaired) electrons. The van der Waals surface area contributed by atoms with Crippen LogP contribution < -0.4 is 0 Å². The van der Waals surface area contributed by atoms with E-state index in [2.05, 4.69) is 19.9 Å². The molecule has 2 aromatic rings. The van der Waals surface area contributed by atoms with E-state index in [4.69, 9.17) is 4.74 Å². The van der Waals surface area contributed by atoms with Crippen molar-refractivity contribution in [2.24, 2.45) is 0 Å². The Morgan fingerprint density at radius 3 is 2.92 bits per heavy atom. The fourth-order valence-electron chi connectivity index (χ4n) is 3.30. The molecule has 0 spiro atoms. The van der Waals surface area contributed by atoms with Crippen LogP contribution in [0.2, 0.25) is 0 Å².